The van der Waals surface area contributed by atoms with Gasteiger partial charge in [0.2, 0.25) is 0 Å². The van der Waals surface area contributed by atoms with Crippen LogP contribution < -0.4 is 0 Å². The minimum absolute atomic E-state index is 0.130. The standard InChI is InChI=1S/C7H5BrClNO2/c1-3-2-10-6(7(11)12)5(9)4(3)8/h2H,1H3,(H,11,12). The molecule has 0 aromatic carbocycles. The summed E-state index contributed by atoms with van der Waals surface area (Å²) in [6.45, 7) is 1.79. The Hall–Kier alpha value is -0.610. The molecule has 0 radical (unpaired) electrons. The average molecular weight is 250 g/mol. The van der Waals surface area contributed by atoms with E-state index in [0.29, 0.717) is 4.47 Å². The van der Waals surface area contributed by atoms with E-state index in [1.54, 1.807) is 6.92 Å². The molecule has 0 bridgehead atoms. The normalized spacial score (nSPS) is 9.92. The predicted octanol–water partition coefficient (Wildman–Crippen LogP) is 2.50. The number of hydrogen-bond donors (Lipinski definition) is 1. The summed E-state index contributed by atoms with van der Waals surface area (Å²) in [6, 6.07) is 0. The number of aromatic nitrogens is 1. The lowest BCUT2D eigenvalue weighted by atomic mass is 10.3. The van der Waals surface area contributed by atoms with Crippen LogP contribution in [0, 0.1) is 6.92 Å². The topological polar surface area (TPSA) is 50.2 Å². The van der Waals surface area contributed by atoms with Gasteiger partial charge in [-0.3, -0.25) is 0 Å². The van der Waals surface area contributed by atoms with Crippen molar-refractivity contribution in [2.24, 2.45) is 0 Å². The Morgan fingerprint density at radius 3 is 2.83 bits per heavy atom. The molecule has 0 amide bonds. The largest absolute Gasteiger partial charge is 0.476 e. The van der Waals surface area contributed by atoms with Crippen molar-refractivity contribution >= 4 is 33.5 Å². The second-order valence-electron chi connectivity index (χ2n) is 2.22. The molecular formula is C7H5BrClNO2. The zero-order valence-corrected chi connectivity index (χ0v) is 8.48. The zero-order chi connectivity index (χ0) is 9.30. The van der Waals surface area contributed by atoms with Crippen molar-refractivity contribution in [3.63, 3.8) is 0 Å². The number of halogens is 2. The van der Waals surface area contributed by atoms with Crippen molar-refractivity contribution in [2.45, 2.75) is 6.92 Å². The Balaban J connectivity index is 3.36. The minimum atomic E-state index is -1.12. The third-order valence-electron chi connectivity index (χ3n) is 1.34. The number of rotatable bonds is 1. The maximum atomic E-state index is 10.5. The maximum absolute atomic E-state index is 10.5. The van der Waals surface area contributed by atoms with E-state index in [2.05, 4.69) is 20.9 Å². The van der Waals surface area contributed by atoms with Crippen molar-refractivity contribution in [1.82, 2.24) is 4.98 Å². The van der Waals surface area contributed by atoms with Crippen LogP contribution in [0.1, 0.15) is 16.1 Å². The summed E-state index contributed by atoms with van der Waals surface area (Å²) in [5.74, 6) is -1.12. The summed E-state index contributed by atoms with van der Waals surface area (Å²) in [5, 5.41) is 8.75. The second kappa shape index (κ2) is 3.41. The van der Waals surface area contributed by atoms with E-state index < -0.39 is 5.97 Å². The zero-order valence-electron chi connectivity index (χ0n) is 6.14. The van der Waals surface area contributed by atoms with Crippen LogP contribution in [0.3, 0.4) is 0 Å². The summed E-state index contributed by atoms with van der Waals surface area (Å²) < 4.78 is 0.580. The van der Waals surface area contributed by atoms with Gasteiger partial charge in [0, 0.05) is 10.7 Å². The lowest BCUT2D eigenvalue weighted by Gasteiger charge is -2.02. The Kier molecular flexibility index (Phi) is 2.69. The van der Waals surface area contributed by atoms with Crippen LogP contribution in [0.25, 0.3) is 0 Å². The molecule has 1 aromatic rings. The van der Waals surface area contributed by atoms with Crippen LogP contribution in [0.15, 0.2) is 10.7 Å². The molecular weight excluding hydrogens is 245 g/mol. The Labute approximate surface area is 82.5 Å². The molecule has 0 aliphatic heterocycles. The molecule has 0 unspecified atom stereocenters. The van der Waals surface area contributed by atoms with Crippen molar-refractivity contribution in [3.8, 4) is 0 Å². The van der Waals surface area contributed by atoms with Crippen molar-refractivity contribution in [3.05, 3.63) is 26.9 Å². The molecule has 0 atom stereocenters. The summed E-state index contributed by atoms with van der Waals surface area (Å²) in [4.78, 5) is 14.2. The summed E-state index contributed by atoms with van der Waals surface area (Å²) in [7, 11) is 0. The van der Waals surface area contributed by atoms with Gasteiger partial charge >= 0.3 is 5.97 Å². The highest BCUT2D eigenvalue weighted by Crippen LogP contribution is 2.27. The van der Waals surface area contributed by atoms with Crippen molar-refractivity contribution in [2.75, 3.05) is 0 Å². The molecule has 1 aromatic heterocycles. The van der Waals surface area contributed by atoms with E-state index >= 15 is 0 Å². The molecule has 1 rings (SSSR count). The Morgan fingerprint density at radius 1 is 1.75 bits per heavy atom. The molecule has 0 fully saturated rings. The quantitative estimate of drug-likeness (QED) is 0.833. The monoisotopic (exact) mass is 249 g/mol. The summed E-state index contributed by atoms with van der Waals surface area (Å²) in [5.41, 5.74) is 0.680. The fraction of sp³-hybridized carbons (Fsp3) is 0.143. The third-order valence-corrected chi connectivity index (χ3v) is 2.95. The van der Waals surface area contributed by atoms with E-state index in [-0.39, 0.29) is 10.7 Å². The van der Waals surface area contributed by atoms with Gasteiger partial charge in [-0.05, 0) is 28.4 Å². The maximum Gasteiger partial charge on any atom is 0.356 e. The van der Waals surface area contributed by atoms with E-state index in [4.69, 9.17) is 16.7 Å². The van der Waals surface area contributed by atoms with Crippen LogP contribution in [0.4, 0.5) is 0 Å². The second-order valence-corrected chi connectivity index (χ2v) is 3.39. The molecule has 12 heavy (non-hydrogen) atoms. The van der Waals surface area contributed by atoms with Gasteiger partial charge in [-0.25, -0.2) is 9.78 Å². The van der Waals surface area contributed by atoms with Crippen molar-refractivity contribution < 1.29 is 9.90 Å². The first-order chi connectivity index (χ1) is 5.54. The number of pyridine rings is 1. The lowest BCUT2D eigenvalue weighted by molar-refractivity contribution is 0.0690. The number of aryl methyl sites for hydroxylation is 1. The van der Waals surface area contributed by atoms with Crippen LogP contribution in [-0.4, -0.2) is 16.1 Å². The predicted molar refractivity (Wildman–Crippen MR) is 48.6 cm³/mol. The Morgan fingerprint density at radius 2 is 2.33 bits per heavy atom. The first kappa shape index (κ1) is 9.48. The molecule has 0 aliphatic carbocycles. The van der Waals surface area contributed by atoms with Gasteiger partial charge in [0.1, 0.15) is 0 Å². The highest BCUT2D eigenvalue weighted by Gasteiger charge is 2.13. The summed E-state index contributed by atoms with van der Waals surface area (Å²) >= 11 is 8.87. The SMILES string of the molecule is Cc1cnc(C(=O)O)c(Cl)c1Br. The number of nitrogens with zero attached hydrogens (tertiary/aromatic N) is 1. The van der Waals surface area contributed by atoms with E-state index in [1.807, 2.05) is 0 Å². The number of hydrogen-bond acceptors (Lipinski definition) is 2. The van der Waals surface area contributed by atoms with E-state index in [0.717, 1.165) is 5.56 Å². The van der Waals surface area contributed by atoms with Gasteiger partial charge in [0.05, 0.1) is 5.02 Å². The molecule has 1 heterocycles. The van der Waals surface area contributed by atoms with Crippen LogP contribution in [0.2, 0.25) is 5.02 Å². The Bertz CT molecular complexity index is 340. The molecule has 1 N–H and O–H groups in total. The van der Waals surface area contributed by atoms with E-state index in [9.17, 15) is 4.79 Å². The molecule has 5 heteroatoms. The lowest BCUT2D eigenvalue weighted by Crippen LogP contribution is -2.02. The average Bonchev–Trinajstić information content (AvgIpc) is 2.00. The number of carboxylic acid groups (broad SMARTS) is 1. The smallest absolute Gasteiger partial charge is 0.356 e. The van der Waals surface area contributed by atoms with Crippen LogP contribution in [-0.2, 0) is 0 Å². The molecule has 0 aliphatic rings. The fourth-order valence-electron chi connectivity index (χ4n) is 0.701. The minimum Gasteiger partial charge on any atom is -0.476 e. The third kappa shape index (κ3) is 1.59. The number of carbonyl (C=O) groups is 1. The first-order valence-corrected chi connectivity index (χ1v) is 4.25. The van der Waals surface area contributed by atoms with Gasteiger partial charge in [-0.2, -0.15) is 0 Å². The van der Waals surface area contributed by atoms with Gasteiger partial charge < -0.3 is 5.11 Å². The van der Waals surface area contributed by atoms with E-state index in [1.165, 1.54) is 6.20 Å². The first-order valence-electron chi connectivity index (χ1n) is 3.08. The highest BCUT2D eigenvalue weighted by molar-refractivity contribution is 9.10. The van der Waals surface area contributed by atoms with Crippen molar-refractivity contribution in [1.29, 1.82) is 0 Å². The van der Waals surface area contributed by atoms with Gasteiger partial charge in [0.25, 0.3) is 0 Å². The number of aromatic carboxylic acids is 1. The number of carboxylic acids is 1. The molecule has 64 valence electrons. The van der Waals surface area contributed by atoms with Gasteiger partial charge in [0.15, 0.2) is 5.69 Å². The summed E-state index contributed by atoms with van der Waals surface area (Å²) in [6.07, 6.45) is 1.46. The molecule has 0 saturated heterocycles. The van der Waals surface area contributed by atoms with Gasteiger partial charge in [-0.1, -0.05) is 11.6 Å². The van der Waals surface area contributed by atoms with Crippen LogP contribution >= 0.6 is 27.5 Å². The fourth-order valence-corrected chi connectivity index (χ4v) is 1.27. The molecule has 0 spiro atoms. The van der Waals surface area contributed by atoms with Gasteiger partial charge in [-0.15, -0.1) is 0 Å². The molecule has 0 saturated carbocycles. The van der Waals surface area contributed by atoms with Crippen LogP contribution in [0.5, 0.6) is 0 Å². The highest BCUT2D eigenvalue weighted by atomic mass is 79.9. The molecule has 3 nitrogen and oxygen atoms in total.